The van der Waals surface area contributed by atoms with Crippen molar-refractivity contribution in [2.24, 2.45) is 0 Å². The number of nitrogens with zero attached hydrogens (tertiary/aromatic N) is 2. The van der Waals surface area contributed by atoms with Crippen molar-refractivity contribution in [2.75, 3.05) is 12.4 Å². The van der Waals surface area contributed by atoms with Crippen LogP contribution in [0.5, 0.6) is 5.75 Å². The van der Waals surface area contributed by atoms with E-state index in [1.165, 1.54) is 5.56 Å². The van der Waals surface area contributed by atoms with Crippen LogP contribution in [0.25, 0.3) is 0 Å². The first-order valence-electron chi connectivity index (χ1n) is 5.88. The number of hydrogen-bond acceptors (Lipinski definition) is 4. The first-order chi connectivity index (χ1) is 8.70. The van der Waals surface area contributed by atoms with Gasteiger partial charge in [-0.1, -0.05) is 6.07 Å². The fourth-order valence-corrected chi connectivity index (χ4v) is 1.78. The largest absolute Gasteiger partial charge is 0.495 e. The predicted octanol–water partition coefficient (Wildman–Crippen LogP) is 2.97. The lowest BCUT2D eigenvalue weighted by molar-refractivity contribution is 0.416. The van der Waals surface area contributed by atoms with E-state index in [0.29, 0.717) is 0 Å². The summed E-state index contributed by atoms with van der Waals surface area (Å²) < 4.78 is 5.34. The van der Waals surface area contributed by atoms with Crippen LogP contribution in [0.2, 0.25) is 0 Å². The topological polar surface area (TPSA) is 47.0 Å². The summed E-state index contributed by atoms with van der Waals surface area (Å²) in [6.45, 7) is 4.10. The van der Waals surface area contributed by atoms with E-state index in [1.807, 2.05) is 19.1 Å². The van der Waals surface area contributed by atoms with E-state index in [0.717, 1.165) is 17.1 Å². The van der Waals surface area contributed by atoms with Crippen LogP contribution in [-0.4, -0.2) is 17.1 Å². The van der Waals surface area contributed by atoms with Gasteiger partial charge in [0.15, 0.2) is 0 Å². The number of aromatic nitrogens is 2. The molecule has 0 aliphatic rings. The van der Waals surface area contributed by atoms with Gasteiger partial charge in [0.2, 0.25) is 0 Å². The van der Waals surface area contributed by atoms with Crippen molar-refractivity contribution in [1.29, 1.82) is 0 Å². The second-order valence-electron chi connectivity index (χ2n) is 4.20. The summed E-state index contributed by atoms with van der Waals surface area (Å²) >= 11 is 0. The summed E-state index contributed by atoms with van der Waals surface area (Å²) in [4.78, 5) is 8.36. The van der Waals surface area contributed by atoms with E-state index in [4.69, 9.17) is 4.74 Å². The highest BCUT2D eigenvalue weighted by molar-refractivity contribution is 5.58. The van der Waals surface area contributed by atoms with Crippen LogP contribution in [0.1, 0.15) is 24.2 Å². The molecule has 1 N–H and O–H groups in total. The van der Waals surface area contributed by atoms with Crippen molar-refractivity contribution < 1.29 is 4.74 Å². The Morgan fingerprint density at radius 2 is 2.11 bits per heavy atom. The Labute approximate surface area is 107 Å². The molecule has 0 aliphatic carbocycles. The molecule has 4 nitrogen and oxygen atoms in total. The Morgan fingerprint density at radius 1 is 1.28 bits per heavy atom. The van der Waals surface area contributed by atoms with Gasteiger partial charge in [-0.05, 0) is 31.5 Å². The van der Waals surface area contributed by atoms with Gasteiger partial charge in [-0.25, -0.2) is 0 Å². The molecule has 0 saturated heterocycles. The Morgan fingerprint density at radius 3 is 2.78 bits per heavy atom. The number of benzene rings is 1. The molecule has 0 amide bonds. The molecular formula is C14H17N3O. The highest BCUT2D eigenvalue weighted by atomic mass is 16.5. The monoisotopic (exact) mass is 243 g/mol. The minimum absolute atomic E-state index is 0.0781. The molecular weight excluding hydrogens is 226 g/mol. The molecule has 0 bridgehead atoms. The Hall–Kier alpha value is -2.10. The first-order valence-corrected chi connectivity index (χ1v) is 5.88. The normalized spacial score (nSPS) is 11.9. The zero-order valence-electron chi connectivity index (χ0n) is 10.8. The van der Waals surface area contributed by atoms with Crippen LogP contribution in [0.4, 0.5) is 5.69 Å². The summed E-state index contributed by atoms with van der Waals surface area (Å²) in [5, 5.41) is 3.39. The second kappa shape index (κ2) is 5.49. The third kappa shape index (κ3) is 2.77. The van der Waals surface area contributed by atoms with Crippen molar-refractivity contribution in [3.63, 3.8) is 0 Å². The van der Waals surface area contributed by atoms with Gasteiger partial charge in [-0.2, -0.15) is 0 Å². The molecule has 1 heterocycles. The Bertz CT molecular complexity index is 514. The molecule has 0 radical (unpaired) electrons. The fraction of sp³-hybridized carbons (Fsp3) is 0.286. The van der Waals surface area contributed by atoms with Crippen molar-refractivity contribution in [3.8, 4) is 5.75 Å². The molecule has 4 heteroatoms. The number of methoxy groups -OCH3 is 1. The average molecular weight is 243 g/mol. The van der Waals surface area contributed by atoms with Crippen LogP contribution in [-0.2, 0) is 0 Å². The van der Waals surface area contributed by atoms with E-state index in [9.17, 15) is 0 Å². The van der Waals surface area contributed by atoms with Crippen molar-refractivity contribution in [3.05, 3.63) is 48.0 Å². The quantitative estimate of drug-likeness (QED) is 0.896. The van der Waals surface area contributed by atoms with Crippen molar-refractivity contribution in [2.45, 2.75) is 19.9 Å². The van der Waals surface area contributed by atoms with Gasteiger partial charge in [-0.3, -0.25) is 9.97 Å². The Balaban J connectivity index is 2.21. The molecule has 1 aromatic carbocycles. The minimum atomic E-state index is 0.0781. The van der Waals surface area contributed by atoms with E-state index in [1.54, 1.807) is 25.7 Å². The number of hydrogen-bond donors (Lipinski definition) is 1. The summed E-state index contributed by atoms with van der Waals surface area (Å²) in [5.41, 5.74) is 3.06. The van der Waals surface area contributed by atoms with Gasteiger partial charge in [0.1, 0.15) is 5.75 Å². The molecule has 1 unspecified atom stereocenters. The van der Waals surface area contributed by atoms with E-state index >= 15 is 0 Å². The van der Waals surface area contributed by atoms with Crippen LogP contribution in [0.3, 0.4) is 0 Å². The average Bonchev–Trinajstić information content (AvgIpc) is 2.40. The lowest BCUT2D eigenvalue weighted by atomic mass is 10.1. The number of rotatable bonds is 4. The highest BCUT2D eigenvalue weighted by Gasteiger charge is 2.10. The van der Waals surface area contributed by atoms with Crippen LogP contribution in [0.15, 0.2) is 36.8 Å². The summed E-state index contributed by atoms with van der Waals surface area (Å²) in [6, 6.07) is 6.12. The standard InChI is InChI=1S/C14H17N3O/c1-10-4-5-14(18-3)12(8-10)17-11(2)13-9-15-6-7-16-13/h4-9,11,17H,1-3H3. The molecule has 2 rings (SSSR count). The molecule has 94 valence electrons. The summed E-state index contributed by atoms with van der Waals surface area (Å²) in [7, 11) is 1.67. The lowest BCUT2D eigenvalue weighted by Crippen LogP contribution is -2.09. The maximum atomic E-state index is 5.34. The molecule has 1 atom stereocenters. The smallest absolute Gasteiger partial charge is 0.141 e. The van der Waals surface area contributed by atoms with Gasteiger partial charge in [0.05, 0.1) is 30.7 Å². The zero-order chi connectivity index (χ0) is 13.0. The molecule has 2 aromatic rings. The van der Waals surface area contributed by atoms with Gasteiger partial charge < -0.3 is 10.1 Å². The zero-order valence-corrected chi connectivity index (χ0v) is 10.8. The number of aryl methyl sites for hydroxylation is 1. The highest BCUT2D eigenvalue weighted by Crippen LogP contribution is 2.28. The number of anilines is 1. The molecule has 0 saturated carbocycles. The predicted molar refractivity (Wildman–Crippen MR) is 71.8 cm³/mol. The molecule has 0 aliphatic heterocycles. The molecule has 18 heavy (non-hydrogen) atoms. The summed E-state index contributed by atoms with van der Waals surface area (Å²) in [6.07, 6.45) is 5.13. The minimum Gasteiger partial charge on any atom is -0.495 e. The summed E-state index contributed by atoms with van der Waals surface area (Å²) in [5.74, 6) is 0.830. The SMILES string of the molecule is COc1ccc(C)cc1NC(C)c1cnccn1. The van der Waals surface area contributed by atoms with Gasteiger partial charge in [0.25, 0.3) is 0 Å². The molecule has 0 fully saturated rings. The molecule has 1 aromatic heterocycles. The second-order valence-corrected chi connectivity index (χ2v) is 4.20. The number of nitrogens with one attached hydrogen (secondary N) is 1. The third-order valence-corrected chi connectivity index (χ3v) is 2.75. The van der Waals surface area contributed by atoms with E-state index in [2.05, 4.69) is 28.3 Å². The van der Waals surface area contributed by atoms with E-state index in [-0.39, 0.29) is 6.04 Å². The van der Waals surface area contributed by atoms with Crippen LogP contribution < -0.4 is 10.1 Å². The van der Waals surface area contributed by atoms with Gasteiger partial charge >= 0.3 is 0 Å². The van der Waals surface area contributed by atoms with Crippen LogP contribution in [0, 0.1) is 6.92 Å². The fourth-order valence-electron chi connectivity index (χ4n) is 1.78. The van der Waals surface area contributed by atoms with Crippen molar-refractivity contribution in [1.82, 2.24) is 9.97 Å². The first kappa shape index (κ1) is 12.4. The van der Waals surface area contributed by atoms with Gasteiger partial charge in [-0.15, -0.1) is 0 Å². The van der Waals surface area contributed by atoms with Crippen LogP contribution >= 0.6 is 0 Å². The maximum Gasteiger partial charge on any atom is 0.141 e. The Kier molecular flexibility index (Phi) is 3.77. The third-order valence-electron chi connectivity index (χ3n) is 2.75. The lowest BCUT2D eigenvalue weighted by Gasteiger charge is -2.17. The van der Waals surface area contributed by atoms with Gasteiger partial charge in [0, 0.05) is 12.4 Å². The molecule has 0 spiro atoms. The number of ether oxygens (including phenoxy) is 1. The maximum absolute atomic E-state index is 5.34. The van der Waals surface area contributed by atoms with Crippen molar-refractivity contribution >= 4 is 5.69 Å². The van der Waals surface area contributed by atoms with E-state index < -0.39 is 0 Å².